The highest BCUT2D eigenvalue weighted by molar-refractivity contribution is 7.07. The van der Waals surface area contributed by atoms with Gasteiger partial charge in [0.25, 0.3) is 5.91 Å². The SMILES string of the molecule is Cc1cc(C(=O)NCCc2cscn2)cc(NN)n1. The van der Waals surface area contributed by atoms with Gasteiger partial charge in [-0.25, -0.2) is 15.8 Å². The molecular weight excluding hydrogens is 262 g/mol. The molecule has 0 spiro atoms. The smallest absolute Gasteiger partial charge is 0.251 e. The molecule has 0 atom stereocenters. The van der Waals surface area contributed by atoms with Crippen LogP contribution in [0.2, 0.25) is 0 Å². The molecular formula is C12H15N5OS. The van der Waals surface area contributed by atoms with Crippen molar-refractivity contribution in [3.8, 4) is 0 Å². The van der Waals surface area contributed by atoms with E-state index in [4.69, 9.17) is 5.84 Å². The van der Waals surface area contributed by atoms with Crippen LogP contribution in [0.3, 0.4) is 0 Å². The maximum absolute atomic E-state index is 12.0. The van der Waals surface area contributed by atoms with Gasteiger partial charge in [0.15, 0.2) is 0 Å². The molecule has 6 nitrogen and oxygen atoms in total. The Labute approximate surface area is 115 Å². The fraction of sp³-hybridized carbons (Fsp3) is 0.250. The van der Waals surface area contributed by atoms with E-state index in [0.29, 0.717) is 17.9 Å². The fourth-order valence-electron chi connectivity index (χ4n) is 1.64. The first-order valence-corrected chi connectivity index (χ1v) is 6.74. The van der Waals surface area contributed by atoms with Gasteiger partial charge in [0.05, 0.1) is 11.2 Å². The number of pyridine rings is 1. The van der Waals surface area contributed by atoms with E-state index in [1.54, 1.807) is 29.0 Å². The molecule has 0 radical (unpaired) electrons. The monoisotopic (exact) mass is 277 g/mol. The van der Waals surface area contributed by atoms with E-state index in [9.17, 15) is 4.79 Å². The molecule has 0 saturated carbocycles. The normalized spacial score (nSPS) is 10.2. The van der Waals surface area contributed by atoms with Crippen molar-refractivity contribution in [3.63, 3.8) is 0 Å². The van der Waals surface area contributed by atoms with Crippen LogP contribution in [-0.2, 0) is 6.42 Å². The number of amides is 1. The molecule has 0 unspecified atom stereocenters. The van der Waals surface area contributed by atoms with Crippen LogP contribution >= 0.6 is 11.3 Å². The zero-order valence-corrected chi connectivity index (χ0v) is 11.3. The lowest BCUT2D eigenvalue weighted by Crippen LogP contribution is -2.26. The topological polar surface area (TPSA) is 92.9 Å². The molecule has 100 valence electrons. The van der Waals surface area contributed by atoms with Crippen molar-refractivity contribution in [2.45, 2.75) is 13.3 Å². The molecule has 0 fully saturated rings. The summed E-state index contributed by atoms with van der Waals surface area (Å²) >= 11 is 1.55. The van der Waals surface area contributed by atoms with Crippen LogP contribution in [0.15, 0.2) is 23.0 Å². The number of anilines is 1. The second kappa shape index (κ2) is 6.26. The molecule has 0 saturated heterocycles. The third-order valence-electron chi connectivity index (χ3n) is 2.51. The second-order valence-electron chi connectivity index (χ2n) is 4.01. The number of rotatable bonds is 5. The highest BCUT2D eigenvalue weighted by atomic mass is 32.1. The largest absolute Gasteiger partial charge is 0.352 e. The van der Waals surface area contributed by atoms with Crippen LogP contribution in [0, 0.1) is 6.92 Å². The number of hydrazine groups is 1. The van der Waals surface area contributed by atoms with Gasteiger partial charge in [-0.05, 0) is 19.1 Å². The van der Waals surface area contributed by atoms with Crippen molar-refractivity contribution in [1.29, 1.82) is 0 Å². The Balaban J connectivity index is 1.94. The lowest BCUT2D eigenvalue weighted by atomic mass is 10.2. The highest BCUT2D eigenvalue weighted by Crippen LogP contribution is 2.09. The standard InChI is InChI=1S/C12H15N5OS/c1-8-4-9(5-11(16-8)17-13)12(18)14-3-2-10-6-19-7-15-10/h4-7H,2-3,13H2,1H3,(H,14,18)(H,16,17). The summed E-state index contributed by atoms with van der Waals surface area (Å²) in [5.41, 5.74) is 6.49. The van der Waals surface area contributed by atoms with Gasteiger partial charge in [-0.1, -0.05) is 0 Å². The number of nitrogens with zero attached hydrogens (tertiary/aromatic N) is 2. The van der Waals surface area contributed by atoms with Crippen molar-refractivity contribution in [2.75, 3.05) is 12.0 Å². The van der Waals surface area contributed by atoms with Crippen molar-refractivity contribution >= 4 is 23.1 Å². The van der Waals surface area contributed by atoms with E-state index < -0.39 is 0 Å². The number of aromatic nitrogens is 2. The van der Waals surface area contributed by atoms with Crippen LogP contribution in [-0.4, -0.2) is 22.4 Å². The van der Waals surface area contributed by atoms with Gasteiger partial charge in [0.2, 0.25) is 0 Å². The van der Waals surface area contributed by atoms with Gasteiger partial charge >= 0.3 is 0 Å². The predicted octanol–water partition coefficient (Wildman–Crippen LogP) is 1.10. The van der Waals surface area contributed by atoms with Gasteiger partial charge < -0.3 is 10.7 Å². The Bertz CT molecular complexity index is 555. The Morgan fingerprint density at radius 2 is 2.32 bits per heavy atom. The molecule has 0 aliphatic rings. The molecule has 0 aromatic carbocycles. The number of hydrogen-bond donors (Lipinski definition) is 3. The molecule has 1 amide bonds. The van der Waals surface area contributed by atoms with Crippen LogP contribution < -0.4 is 16.6 Å². The summed E-state index contributed by atoms with van der Waals surface area (Å²) in [4.78, 5) is 20.3. The Kier molecular flexibility index (Phi) is 4.43. The van der Waals surface area contributed by atoms with E-state index in [1.807, 2.05) is 12.3 Å². The molecule has 4 N–H and O–H groups in total. The lowest BCUT2D eigenvalue weighted by molar-refractivity contribution is 0.0954. The minimum Gasteiger partial charge on any atom is -0.352 e. The van der Waals surface area contributed by atoms with Crippen molar-refractivity contribution < 1.29 is 4.79 Å². The van der Waals surface area contributed by atoms with Gasteiger partial charge in [0, 0.05) is 29.6 Å². The van der Waals surface area contributed by atoms with E-state index in [2.05, 4.69) is 20.7 Å². The van der Waals surface area contributed by atoms with E-state index in [1.165, 1.54) is 0 Å². The minimum absolute atomic E-state index is 0.141. The number of carbonyl (C=O) groups excluding carboxylic acids is 1. The van der Waals surface area contributed by atoms with Crippen LogP contribution in [0.1, 0.15) is 21.7 Å². The number of nitrogen functional groups attached to an aromatic ring is 1. The Hall–Kier alpha value is -1.99. The maximum Gasteiger partial charge on any atom is 0.251 e. The van der Waals surface area contributed by atoms with E-state index in [-0.39, 0.29) is 5.91 Å². The predicted molar refractivity (Wildman–Crippen MR) is 74.9 cm³/mol. The molecule has 0 aliphatic heterocycles. The molecule has 0 bridgehead atoms. The first kappa shape index (κ1) is 13.4. The van der Waals surface area contributed by atoms with Crippen molar-refractivity contribution in [1.82, 2.24) is 15.3 Å². The van der Waals surface area contributed by atoms with Crippen molar-refractivity contribution in [3.05, 3.63) is 40.0 Å². The zero-order chi connectivity index (χ0) is 13.7. The molecule has 19 heavy (non-hydrogen) atoms. The highest BCUT2D eigenvalue weighted by Gasteiger charge is 2.08. The summed E-state index contributed by atoms with van der Waals surface area (Å²) in [6.07, 6.45) is 0.724. The molecule has 2 heterocycles. The fourth-order valence-corrected chi connectivity index (χ4v) is 2.23. The van der Waals surface area contributed by atoms with Crippen LogP contribution in [0.4, 0.5) is 5.82 Å². The summed E-state index contributed by atoms with van der Waals surface area (Å²) in [6.45, 7) is 2.36. The number of carbonyl (C=O) groups is 1. The molecule has 2 aromatic rings. The van der Waals surface area contributed by atoms with Crippen LogP contribution in [0.5, 0.6) is 0 Å². The number of nitrogens with two attached hydrogens (primary N) is 1. The first-order valence-electron chi connectivity index (χ1n) is 5.79. The van der Waals surface area contributed by atoms with Gasteiger partial charge in [0.1, 0.15) is 5.82 Å². The third kappa shape index (κ3) is 3.73. The summed E-state index contributed by atoms with van der Waals surface area (Å²) in [5, 5.41) is 4.82. The quantitative estimate of drug-likeness (QED) is 0.562. The van der Waals surface area contributed by atoms with E-state index >= 15 is 0 Å². The number of thiazole rings is 1. The third-order valence-corrected chi connectivity index (χ3v) is 3.15. The zero-order valence-electron chi connectivity index (χ0n) is 10.5. The Morgan fingerprint density at radius 1 is 1.47 bits per heavy atom. The van der Waals surface area contributed by atoms with Gasteiger partial charge in [-0.15, -0.1) is 11.3 Å². The molecule has 2 rings (SSSR count). The lowest BCUT2D eigenvalue weighted by Gasteiger charge is -2.07. The average molecular weight is 277 g/mol. The first-order chi connectivity index (χ1) is 9.19. The van der Waals surface area contributed by atoms with Gasteiger partial charge in [-0.2, -0.15) is 0 Å². The summed E-state index contributed by atoms with van der Waals surface area (Å²) in [6, 6.07) is 3.34. The Morgan fingerprint density at radius 3 is 3.00 bits per heavy atom. The average Bonchev–Trinajstić information content (AvgIpc) is 2.91. The number of nitrogens with one attached hydrogen (secondary N) is 2. The van der Waals surface area contributed by atoms with Crippen LogP contribution in [0.25, 0.3) is 0 Å². The molecule has 0 aliphatic carbocycles. The number of aryl methyl sites for hydroxylation is 1. The molecule has 7 heteroatoms. The van der Waals surface area contributed by atoms with Crippen molar-refractivity contribution in [2.24, 2.45) is 5.84 Å². The summed E-state index contributed by atoms with van der Waals surface area (Å²) in [5.74, 6) is 5.64. The maximum atomic E-state index is 12.0. The minimum atomic E-state index is -0.141. The summed E-state index contributed by atoms with van der Waals surface area (Å²) < 4.78 is 0. The van der Waals surface area contributed by atoms with E-state index in [0.717, 1.165) is 17.8 Å². The second-order valence-corrected chi connectivity index (χ2v) is 4.73. The summed E-state index contributed by atoms with van der Waals surface area (Å²) in [7, 11) is 0. The van der Waals surface area contributed by atoms with Gasteiger partial charge in [-0.3, -0.25) is 4.79 Å². The number of hydrogen-bond acceptors (Lipinski definition) is 6. The molecule has 2 aromatic heterocycles.